The molecule has 2 aromatic rings. The minimum Gasteiger partial charge on any atom is -0.478 e. The van der Waals surface area contributed by atoms with Gasteiger partial charge in [-0.15, -0.1) is 0 Å². The van der Waals surface area contributed by atoms with E-state index in [4.69, 9.17) is 98.8 Å². The molecule has 43 heavy (non-hydrogen) atoms. The highest BCUT2D eigenvalue weighted by Crippen LogP contribution is 2.27. The van der Waals surface area contributed by atoms with E-state index in [1.807, 2.05) is 12.1 Å². The summed E-state index contributed by atoms with van der Waals surface area (Å²) in [5.74, 6) is -2.24. The van der Waals surface area contributed by atoms with E-state index in [0.29, 0.717) is 19.6 Å². The first-order chi connectivity index (χ1) is 20.1. The summed E-state index contributed by atoms with van der Waals surface area (Å²) in [6.07, 6.45) is -1.04. The van der Waals surface area contributed by atoms with E-state index in [1.54, 1.807) is 38.1 Å². The average molecular weight is 725 g/mol. The van der Waals surface area contributed by atoms with Crippen molar-refractivity contribution in [3.8, 4) is 0 Å². The van der Waals surface area contributed by atoms with Gasteiger partial charge in [0.05, 0.1) is 12.2 Å². The maximum Gasteiger partial charge on any atom is 0.335 e. The molecule has 0 spiro atoms. The molecule has 0 aromatic heterocycles. The van der Waals surface area contributed by atoms with Gasteiger partial charge in [-0.25, -0.2) is 14.4 Å². The minimum atomic E-state index is -1.68. The number of aliphatic hydroxyl groups excluding tert-OH is 1. The van der Waals surface area contributed by atoms with Gasteiger partial charge in [-0.1, -0.05) is 106 Å². The van der Waals surface area contributed by atoms with Crippen LogP contribution in [0.5, 0.6) is 0 Å². The van der Waals surface area contributed by atoms with E-state index < -0.39 is 37.7 Å². The van der Waals surface area contributed by atoms with Crippen LogP contribution in [0, 0.1) is 0 Å². The van der Waals surface area contributed by atoms with Crippen molar-refractivity contribution in [1.29, 1.82) is 0 Å². The van der Waals surface area contributed by atoms with Gasteiger partial charge in [-0.2, -0.15) is 0 Å². The summed E-state index contributed by atoms with van der Waals surface area (Å²) in [5.41, 5.74) is 2.58. The zero-order chi connectivity index (χ0) is 32.6. The maximum atomic E-state index is 11.9. The van der Waals surface area contributed by atoms with Crippen LogP contribution >= 0.6 is 69.6 Å². The number of benzene rings is 2. The first kappa shape index (κ1) is 39.5. The molecule has 0 saturated carbocycles. The Labute approximate surface area is 280 Å². The highest BCUT2D eigenvalue weighted by Gasteiger charge is 2.28. The third-order valence-corrected chi connectivity index (χ3v) is 5.92. The monoisotopic (exact) mass is 722 g/mol. The average Bonchev–Trinajstić information content (AvgIpc) is 2.94. The molecule has 0 amide bonds. The largest absolute Gasteiger partial charge is 0.478 e. The molecule has 0 aliphatic rings. The molecule has 2 N–H and O–H groups in total. The number of ether oxygens (including phenoxy) is 4. The van der Waals surface area contributed by atoms with Gasteiger partial charge >= 0.3 is 17.9 Å². The summed E-state index contributed by atoms with van der Waals surface area (Å²) in [6.45, 7) is 3.46. The zero-order valence-electron chi connectivity index (χ0n) is 23.2. The number of aromatic carboxylic acids is 1. The van der Waals surface area contributed by atoms with Crippen LogP contribution in [0.25, 0.3) is 0 Å². The highest BCUT2D eigenvalue weighted by atomic mass is 35.6. The lowest BCUT2D eigenvalue weighted by molar-refractivity contribution is -0.157. The van der Waals surface area contributed by atoms with Crippen LogP contribution in [0.3, 0.4) is 0 Å². The van der Waals surface area contributed by atoms with Crippen LogP contribution in [0.4, 0.5) is 0 Å². The summed E-state index contributed by atoms with van der Waals surface area (Å²) in [5, 5.41) is 17.8. The third-order valence-electron chi connectivity index (χ3n) is 5.27. The molecule has 240 valence electrons. The molecule has 0 fully saturated rings. The van der Waals surface area contributed by atoms with Gasteiger partial charge in [0.15, 0.2) is 12.2 Å². The lowest BCUT2D eigenvalue weighted by atomic mass is 10.1. The second-order valence-corrected chi connectivity index (χ2v) is 13.8. The standard InChI is InChI=1S/C14H15Cl3O5.C14H17Cl3O4/c1-2-21-11(13(20)22-8-14(15,16)17)7-9-3-5-10(6-4-9)12(18)19;1-2-20-12(13(19)21-9-14(15,16)17)7-10-3-5-11(8-18)6-4-10/h3-6,11H,2,7-8H2,1H3,(H,18,19);3-6,12,18H,2,7-9H2,1H3. The third kappa shape index (κ3) is 17.5. The SMILES string of the molecule is CCOC(Cc1ccc(C(=O)O)cc1)C(=O)OCC(Cl)(Cl)Cl.CCOC(Cc1ccc(CO)cc1)C(=O)OCC(Cl)(Cl)Cl. The molecule has 2 unspecified atom stereocenters. The van der Waals surface area contributed by atoms with Crippen LogP contribution in [0.15, 0.2) is 48.5 Å². The molecule has 2 rings (SSSR count). The van der Waals surface area contributed by atoms with E-state index in [2.05, 4.69) is 0 Å². The Bertz CT molecular complexity index is 1130. The van der Waals surface area contributed by atoms with Gasteiger partial charge in [-0.3, -0.25) is 0 Å². The molecule has 0 bridgehead atoms. The Morgan fingerprint density at radius 2 is 1.02 bits per heavy atom. The van der Waals surface area contributed by atoms with Gasteiger partial charge < -0.3 is 29.2 Å². The number of aliphatic hydroxyl groups is 1. The van der Waals surface area contributed by atoms with Crippen LogP contribution < -0.4 is 0 Å². The number of alkyl halides is 6. The molecular formula is C28H32Cl6O9. The topological polar surface area (TPSA) is 129 Å². The van der Waals surface area contributed by atoms with Crippen LogP contribution in [0.2, 0.25) is 0 Å². The van der Waals surface area contributed by atoms with Crippen molar-refractivity contribution < 1.29 is 43.5 Å². The fourth-order valence-electron chi connectivity index (χ4n) is 3.31. The summed E-state index contributed by atoms with van der Waals surface area (Å²) in [4.78, 5) is 34.7. The number of carboxylic acid groups (broad SMARTS) is 1. The molecule has 0 radical (unpaired) electrons. The van der Waals surface area contributed by atoms with E-state index in [-0.39, 0.29) is 31.8 Å². The van der Waals surface area contributed by atoms with Crippen LogP contribution in [-0.2, 0) is 48.0 Å². The van der Waals surface area contributed by atoms with E-state index in [1.165, 1.54) is 12.1 Å². The van der Waals surface area contributed by atoms with Crippen LogP contribution in [0.1, 0.15) is 40.9 Å². The highest BCUT2D eigenvalue weighted by molar-refractivity contribution is 6.68. The van der Waals surface area contributed by atoms with Gasteiger partial charge in [-0.05, 0) is 42.7 Å². The number of esters is 2. The van der Waals surface area contributed by atoms with Crippen molar-refractivity contribution in [3.05, 3.63) is 70.8 Å². The van der Waals surface area contributed by atoms with Crippen LogP contribution in [-0.4, -0.2) is 74.3 Å². The molecular weight excluding hydrogens is 693 g/mol. The zero-order valence-corrected chi connectivity index (χ0v) is 27.8. The number of carbonyl (C=O) groups excluding carboxylic acids is 2. The van der Waals surface area contributed by atoms with Crippen molar-refractivity contribution in [2.45, 2.75) is 53.1 Å². The maximum absolute atomic E-state index is 11.9. The summed E-state index contributed by atoms with van der Waals surface area (Å²) in [7, 11) is 0. The second-order valence-electron chi connectivity index (χ2n) is 8.72. The number of hydrogen-bond acceptors (Lipinski definition) is 8. The quantitative estimate of drug-likeness (QED) is 0.171. The Hall–Kier alpha value is -1.53. The van der Waals surface area contributed by atoms with E-state index >= 15 is 0 Å². The fourth-order valence-corrected chi connectivity index (χ4v) is 3.63. The molecule has 0 aliphatic heterocycles. The van der Waals surface area contributed by atoms with Crippen molar-refractivity contribution in [3.63, 3.8) is 0 Å². The Morgan fingerprint density at radius 3 is 1.33 bits per heavy atom. The fraction of sp³-hybridized carbons (Fsp3) is 0.464. The molecule has 2 atom stereocenters. The van der Waals surface area contributed by atoms with Gasteiger partial charge in [0.1, 0.15) is 13.2 Å². The van der Waals surface area contributed by atoms with Crippen molar-refractivity contribution in [1.82, 2.24) is 0 Å². The molecule has 15 heteroatoms. The molecule has 0 saturated heterocycles. The van der Waals surface area contributed by atoms with Gasteiger partial charge in [0.2, 0.25) is 7.59 Å². The van der Waals surface area contributed by atoms with Crippen molar-refractivity contribution >= 4 is 87.5 Å². The van der Waals surface area contributed by atoms with E-state index in [0.717, 1.165) is 16.7 Å². The number of carbonyl (C=O) groups is 3. The summed E-state index contributed by atoms with van der Waals surface area (Å²) in [6, 6.07) is 13.3. The number of halogens is 6. The normalized spacial score (nSPS) is 12.9. The molecule has 0 aliphatic carbocycles. The Balaban J connectivity index is 0.000000430. The lowest BCUT2D eigenvalue weighted by Gasteiger charge is -2.18. The van der Waals surface area contributed by atoms with Gasteiger partial charge in [0.25, 0.3) is 0 Å². The predicted octanol–water partition coefficient (Wildman–Crippen LogP) is 6.29. The molecule has 9 nitrogen and oxygen atoms in total. The van der Waals surface area contributed by atoms with Crippen molar-refractivity contribution in [2.24, 2.45) is 0 Å². The molecule has 2 aromatic carbocycles. The number of carboxylic acids is 1. The van der Waals surface area contributed by atoms with Gasteiger partial charge in [0, 0.05) is 26.1 Å². The molecule has 0 heterocycles. The predicted molar refractivity (Wildman–Crippen MR) is 167 cm³/mol. The number of rotatable bonds is 14. The lowest BCUT2D eigenvalue weighted by Crippen LogP contribution is -2.31. The summed E-state index contributed by atoms with van der Waals surface area (Å²) < 4.78 is 17.2. The number of hydrogen-bond donors (Lipinski definition) is 2. The summed E-state index contributed by atoms with van der Waals surface area (Å²) >= 11 is 33.2. The smallest absolute Gasteiger partial charge is 0.335 e. The minimum absolute atomic E-state index is 0.0273. The Kier molecular flexibility index (Phi) is 18.2. The van der Waals surface area contributed by atoms with Crippen molar-refractivity contribution in [2.75, 3.05) is 26.4 Å². The Morgan fingerprint density at radius 1 is 0.674 bits per heavy atom. The first-order valence-corrected chi connectivity index (χ1v) is 15.1. The second kappa shape index (κ2) is 19.8. The van der Waals surface area contributed by atoms with E-state index in [9.17, 15) is 14.4 Å². The first-order valence-electron chi connectivity index (χ1n) is 12.8.